The van der Waals surface area contributed by atoms with Gasteiger partial charge >= 0.3 is 5.63 Å². The molecule has 3 rings (SSSR count). The van der Waals surface area contributed by atoms with Crippen LogP contribution in [0.15, 0.2) is 57.7 Å². The fraction of sp³-hybridized carbons (Fsp3) is 0.318. The molecule has 1 heterocycles. The van der Waals surface area contributed by atoms with E-state index in [1.165, 1.54) is 5.56 Å². The van der Waals surface area contributed by atoms with Crippen LogP contribution in [0.5, 0.6) is 0 Å². The number of rotatable bonds is 5. The first-order valence-electron chi connectivity index (χ1n) is 8.88. The van der Waals surface area contributed by atoms with Gasteiger partial charge in [0.2, 0.25) is 0 Å². The third-order valence-electron chi connectivity index (χ3n) is 5.01. The van der Waals surface area contributed by atoms with E-state index in [0.717, 1.165) is 34.2 Å². The predicted octanol–water partition coefficient (Wildman–Crippen LogP) is 3.87. The Morgan fingerprint density at radius 2 is 1.76 bits per heavy atom. The summed E-state index contributed by atoms with van der Waals surface area (Å²) in [7, 11) is 0. The normalized spacial score (nSPS) is 12.7. The zero-order valence-corrected chi connectivity index (χ0v) is 15.4. The number of benzene rings is 2. The highest BCUT2D eigenvalue weighted by molar-refractivity contribution is 5.83. The highest BCUT2D eigenvalue weighted by atomic mass is 16.4. The SMILES string of the molecule is Cc1ccc2c(C[NH2+][C@@H](c3ccccc3)C(C)C)cc(=O)oc2c1C. The molecule has 25 heavy (non-hydrogen) atoms. The topological polar surface area (TPSA) is 46.8 Å². The highest BCUT2D eigenvalue weighted by Crippen LogP contribution is 2.23. The average Bonchev–Trinajstić information content (AvgIpc) is 2.59. The maximum Gasteiger partial charge on any atom is 0.336 e. The summed E-state index contributed by atoms with van der Waals surface area (Å²) >= 11 is 0. The van der Waals surface area contributed by atoms with Gasteiger partial charge in [0.25, 0.3) is 0 Å². The summed E-state index contributed by atoms with van der Waals surface area (Å²) in [4.78, 5) is 12.0. The van der Waals surface area contributed by atoms with Crippen molar-refractivity contribution in [3.8, 4) is 0 Å². The Bertz CT molecular complexity index is 926. The molecule has 0 saturated carbocycles. The van der Waals surface area contributed by atoms with Gasteiger partial charge in [0, 0.05) is 28.5 Å². The molecule has 3 nitrogen and oxygen atoms in total. The Hall–Kier alpha value is -2.39. The zero-order valence-electron chi connectivity index (χ0n) is 15.4. The molecule has 0 bridgehead atoms. The summed E-state index contributed by atoms with van der Waals surface area (Å²) < 4.78 is 5.48. The molecule has 3 heteroatoms. The maximum absolute atomic E-state index is 12.0. The van der Waals surface area contributed by atoms with Gasteiger partial charge in [-0.25, -0.2) is 4.79 Å². The first-order chi connectivity index (χ1) is 12.0. The van der Waals surface area contributed by atoms with Crippen molar-refractivity contribution in [3.05, 3.63) is 81.2 Å². The van der Waals surface area contributed by atoms with E-state index in [9.17, 15) is 4.79 Å². The van der Waals surface area contributed by atoms with Gasteiger partial charge in [-0.3, -0.25) is 0 Å². The van der Waals surface area contributed by atoms with Gasteiger partial charge in [0.05, 0.1) is 0 Å². The van der Waals surface area contributed by atoms with Crippen molar-refractivity contribution < 1.29 is 9.73 Å². The standard InChI is InChI=1S/C22H25NO2/c1-14(2)21(17-8-6-5-7-9-17)23-13-18-12-20(24)25-22-16(4)15(3)10-11-19(18)22/h5-12,14,21,23H,13H2,1-4H3/p+1/t21-/m1/s1. The summed E-state index contributed by atoms with van der Waals surface area (Å²) in [5.74, 6) is 0.498. The van der Waals surface area contributed by atoms with Crippen LogP contribution in [0.25, 0.3) is 11.0 Å². The quantitative estimate of drug-likeness (QED) is 0.719. The monoisotopic (exact) mass is 336 g/mol. The van der Waals surface area contributed by atoms with Crippen molar-refractivity contribution in [2.24, 2.45) is 5.92 Å². The van der Waals surface area contributed by atoms with E-state index in [1.54, 1.807) is 6.07 Å². The molecular weight excluding hydrogens is 310 g/mol. The van der Waals surface area contributed by atoms with Gasteiger partial charge in [-0.1, -0.05) is 56.3 Å². The molecule has 0 saturated heterocycles. The Labute approximate surface area is 148 Å². The van der Waals surface area contributed by atoms with Crippen LogP contribution in [0.4, 0.5) is 0 Å². The summed E-state index contributed by atoms with van der Waals surface area (Å²) in [6, 6.07) is 16.7. The number of fused-ring (bicyclic) bond motifs is 1. The van der Waals surface area contributed by atoms with Crippen LogP contribution < -0.4 is 10.9 Å². The van der Waals surface area contributed by atoms with Crippen LogP contribution >= 0.6 is 0 Å². The van der Waals surface area contributed by atoms with Gasteiger partial charge in [-0.15, -0.1) is 0 Å². The Balaban J connectivity index is 1.95. The average molecular weight is 336 g/mol. The third kappa shape index (κ3) is 3.67. The number of aryl methyl sites for hydroxylation is 2. The summed E-state index contributed by atoms with van der Waals surface area (Å²) in [6.07, 6.45) is 0. The third-order valence-corrected chi connectivity index (χ3v) is 5.01. The van der Waals surface area contributed by atoms with Crippen molar-refractivity contribution in [2.75, 3.05) is 0 Å². The smallest absolute Gasteiger partial charge is 0.336 e. The van der Waals surface area contributed by atoms with Crippen LogP contribution in [-0.4, -0.2) is 0 Å². The summed E-state index contributed by atoms with van der Waals surface area (Å²) in [5.41, 5.74) is 4.98. The fourth-order valence-electron chi connectivity index (χ4n) is 3.42. The minimum Gasteiger partial charge on any atom is -0.422 e. The van der Waals surface area contributed by atoms with Gasteiger partial charge in [0.15, 0.2) is 0 Å². The van der Waals surface area contributed by atoms with Gasteiger partial charge in [-0.05, 0) is 25.0 Å². The van der Waals surface area contributed by atoms with E-state index in [2.05, 4.69) is 55.6 Å². The number of hydrogen-bond donors (Lipinski definition) is 1. The molecule has 0 radical (unpaired) electrons. The zero-order chi connectivity index (χ0) is 18.0. The lowest BCUT2D eigenvalue weighted by Gasteiger charge is -2.20. The van der Waals surface area contributed by atoms with Gasteiger partial charge in [0.1, 0.15) is 18.2 Å². The summed E-state index contributed by atoms with van der Waals surface area (Å²) in [6.45, 7) is 9.27. The van der Waals surface area contributed by atoms with E-state index >= 15 is 0 Å². The lowest BCUT2D eigenvalue weighted by molar-refractivity contribution is -0.716. The molecule has 1 atom stereocenters. The molecule has 0 amide bonds. The molecule has 1 aromatic heterocycles. The molecule has 0 unspecified atom stereocenters. The van der Waals surface area contributed by atoms with Crippen molar-refractivity contribution in [3.63, 3.8) is 0 Å². The van der Waals surface area contributed by atoms with Gasteiger partial charge < -0.3 is 9.73 Å². The molecule has 3 aromatic rings. The second kappa shape index (κ2) is 7.24. The maximum atomic E-state index is 12.0. The Kier molecular flexibility index (Phi) is 5.05. The van der Waals surface area contributed by atoms with Gasteiger partial charge in [-0.2, -0.15) is 0 Å². The Morgan fingerprint density at radius 1 is 1.04 bits per heavy atom. The Morgan fingerprint density at radius 3 is 2.44 bits per heavy atom. The van der Waals surface area contributed by atoms with Crippen LogP contribution in [0.2, 0.25) is 0 Å². The highest BCUT2D eigenvalue weighted by Gasteiger charge is 2.20. The second-order valence-electron chi connectivity index (χ2n) is 7.10. The first kappa shape index (κ1) is 17.4. The lowest BCUT2D eigenvalue weighted by Crippen LogP contribution is -2.84. The van der Waals surface area contributed by atoms with Crippen LogP contribution in [0, 0.1) is 19.8 Å². The summed E-state index contributed by atoms with van der Waals surface area (Å²) in [5, 5.41) is 3.36. The molecular formula is C22H26NO2+. The van der Waals surface area contributed by atoms with Crippen LogP contribution in [0.1, 0.15) is 42.1 Å². The first-order valence-corrected chi connectivity index (χ1v) is 8.88. The number of hydrogen-bond acceptors (Lipinski definition) is 2. The number of quaternary nitrogens is 1. The largest absolute Gasteiger partial charge is 0.422 e. The van der Waals surface area contributed by atoms with Crippen LogP contribution in [-0.2, 0) is 6.54 Å². The van der Waals surface area contributed by atoms with E-state index in [-0.39, 0.29) is 5.63 Å². The predicted molar refractivity (Wildman–Crippen MR) is 102 cm³/mol. The van der Waals surface area contributed by atoms with Crippen molar-refractivity contribution in [2.45, 2.75) is 40.3 Å². The van der Waals surface area contributed by atoms with Crippen molar-refractivity contribution >= 4 is 11.0 Å². The number of nitrogens with two attached hydrogens (primary N) is 1. The minimum absolute atomic E-state index is 0.273. The van der Waals surface area contributed by atoms with Crippen LogP contribution in [0.3, 0.4) is 0 Å². The molecule has 2 aromatic carbocycles. The van der Waals surface area contributed by atoms with E-state index in [0.29, 0.717) is 12.0 Å². The molecule has 0 aliphatic rings. The van der Waals surface area contributed by atoms with E-state index < -0.39 is 0 Å². The second-order valence-corrected chi connectivity index (χ2v) is 7.10. The van der Waals surface area contributed by atoms with E-state index in [4.69, 9.17) is 4.42 Å². The fourth-order valence-corrected chi connectivity index (χ4v) is 3.42. The molecule has 130 valence electrons. The molecule has 0 fully saturated rings. The molecule has 0 spiro atoms. The minimum atomic E-state index is -0.273. The van der Waals surface area contributed by atoms with Crippen molar-refractivity contribution in [1.82, 2.24) is 0 Å². The molecule has 0 aliphatic carbocycles. The van der Waals surface area contributed by atoms with Crippen molar-refractivity contribution in [1.29, 1.82) is 0 Å². The molecule has 2 N–H and O–H groups in total. The lowest BCUT2D eigenvalue weighted by atomic mass is 9.95. The van der Waals surface area contributed by atoms with E-state index in [1.807, 2.05) is 19.9 Å². The molecule has 0 aliphatic heterocycles.